The molecular weight excluding hydrogens is 292 g/mol. The van der Waals surface area contributed by atoms with Crippen LogP contribution < -0.4 is 10.6 Å². The maximum Gasteiger partial charge on any atom is 0.338 e. The lowest BCUT2D eigenvalue weighted by atomic mass is 9.95. The van der Waals surface area contributed by atoms with E-state index in [-0.39, 0.29) is 12.1 Å². The molecule has 0 bridgehead atoms. The van der Waals surface area contributed by atoms with E-state index in [4.69, 9.17) is 16.3 Å². The number of hydrogen-bond donors (Lipinski definition) is 2. The molecule has 0 aliphatic carbocycles. The molecule has 0 saturated carbocycles. The minimum Gasteiger partial charge on any atom is -0.459 e. The van der Waals surface area contributed by atoms with Gasteiger partial charge in [-0.3, -0.25) is 0 Å². The Kier molecular flexibility index (Phi) is 4.53. The highest BCUT2D eigenvalue weighted by molar-refractivity contribution is 6.31. The molecule has 1 aromatic rings. The number of carbonyl (C=O) groups excluding carboxylic acids is 2. The van der Waals surface area contributed by atoms with E-state index < -0.39 is 12.0 Å². The molecule has 0 spiro atoms. The van der Waals surface area contributed by atoms with E-state index >= 15 is 0 Å². The van der Waals surface area contributed by atoms with Crippen molar-refractivity contribution in [3.05, 3.63) is 46.1 Å². The Balaban J connectivity index is 2.46. The van der Waals surface area contributed by atoms with Gasteiger partial charge in [-0.05, 0) is 32.4 Å². The number of allylic oxidation sites excluding steroid dienone is 1. The van der Waals surface area contributed by atoms with Crippen LogP contribution in [0.4, 0.5) is 4.79 Å². The maximum atomic E-state index is 12.3. The average Bonchev–Trinajstić information content (AvgIpc) is 2.37. The zero-order chi connectivity index (χ0) is 15.6. The quantitative estimate of drug-likeness (QED) is 0.844. The van der Waals surface area contributed by atoms with Gasteiger partial charge < -0.3 is 15.4 Å². The lowest BCUT2D eigenvalue weighted by Gasteiger charge is -2.29. The van der Waals surface area contributed by atoms with Gasteiger partial charge in [0.25, 0.3) is 0 Å². The molecule has 1 heterocycles. The monoisotopic (exact) mass is 308 g/mol. The molecule has 0 fully saturated rings. The van der Waals surface area contributed by atoms with Gasteiger partial charge in [-0.1, -0.05) is 29.8 Å². The minimum absolute atomic E-state index is 0.248. The highest BCUT2D eigenvalue weighted by Gasteiger charge is 2.33. The fourth-order valence-electron chi connectivity index (χ4n) is 2.18. The Hall–Kier alpha value is -2.01. The Morgan fingerprint density at radius 3 is 2.62 bits per heavy atom. The first-order valence-electron chi connectivity index (χ1n) is 6.64. The van der Waals surface area contributed by atoms with Crippen LogP contribution in [0.25, 0.3) is 0 Å². The highest BCUT2D eigenvalue weighted by Crippen LogP contribution is 2.32. The van der Waals surface area contributed by atoms with Crippen molar-refractivity contribution in [3.8, 4) is 0 Å². The number of urea groups is 1. The molecule has 0 radical (unpaired) electrons. The van der Waals surface area contributed by atoms with E-state index in [0.29, 0.717) is 21.9 Å². The molecule has 1 aliphatic heterocycles. The zero-order valence-corrected chi connectivity index (χ0v) is 12.8. The first-order valence-corrected chi connectivity index (χ1v) is 7.01. The molecule has 6 heteroatoms. The van der Waals surface area contributed by atoms with Crippen LogP contribution in [0.2, 0.25) is 5.02 Å². The predicted octanol–water partition coefficient (Wildman–Crippen LogP) is 2.92. The van der Waals surface area contributed by atoms with E-state index in [2.05, 4.69) is 10.6 Å². The zero-order valence-electron chi connectivity index (χ0n) is 12.1. The summed E-state index contributed by atoms with van der Waals surface area (Å²) in [5.41, 5.74) is 1.48. The number of rotatable bonds is 3. The highest BCUT2D eigenvalue weighted by atomic mass is 35.5. The van der Waals surface area contributed by atoms with Gasteiger partial charge in [-0.15, -0.1) is 0 Å². The van der Waals surface area contributed by atoms with Crippen molar-refractivity contribution in [2.24, 2.45) is 0 Å². The van der Waals surface area contributed by atoms with Gasteiger partial charge in [-0.2, -0.15) is 0 Å². The second-order valence-electron chi connectivity index (χ2n) is 5.05. The lowest BCUT2D eigenvalue weighted by molar-refractivity contribution is -0.143. The summed E-state index contributed by atoms with van der Waals surface area (Å²) >= 11 is 6.18. The third-order valence-corrected chi connectivity index (χ3v) is 3.39. The molecule has 0 aromatic heterocycles. The molecule has 2 amide bonds. The van der Waals surface area contributed by atoms with Crippen molar-refractivity contribution in [2.45, 2.75) is 32.9 Å². The van der Waals surface area contributed by atoms with Gasteiger partial charge in [0.05, 0.1) is 17.7 Å². The van der Waals surface area contributed by atoms with Gasteiger partial charge in [0.15, 0.2) is 0 Å². The average molecular weight is 309 g/mol. The predicted molar refractivity (Wildman–Crippen MR) is 79.8 cm³/mol. The van der Waals surface area contributed by atoms with Crippen LogP contribution in [0.15, 0.2) is 35.5 Å². The maximum absolute atomic E-state index is 12.3. The Morgan fingerprint density at radius 2 is 2.00 bits per heavy atom. The van der Waals surface area contributed by atoms with Crippen LogP contribution in [0.3, 0.4) is 0 Å². The van der Waals surface area contributed by atoms with E-state index in [1.54, 1.807) is 45.0 Å². The molecular formula is C15H17ClN2O3. The second kappa shape index (κ2) is 6.18. The van der Waals surface area contributed by atoms with Crippen LogP contribution in [-0.2, 0) is 9.53 Å². The smallest absolute Gasteiger partial charge is 0.338 e. The van der Waals surface area contributed by atoms with Crippen molar-refractivity contribution in [3.63, 3.8) is 0 Å². The van der Waals surface area contributed by atoms with Gasteiger partial charge in [0, 0.05) is 10.7 Å². The van der Waals surface area contributed by atoms with Crippen molar-refractivity contribution >= 4 is 23.6 Å². The standard InChI is InChI=1S/C15H17ClN2O3/c1-8(2)21-14(19)12-9(3)17-15(20)18-13(12)10-6-4-5-7-11(10)16/h4-8,13H,1-3H3,(H2,17,18,20)/t13-/m0/s1. The van der Waals surface area contributed by atoms with Gasteiger partial charge >= 0.3 is 12.0 Å². The van der Waals surface area contributed by atoms with Crippen molar-refractivity contribution in [2.75, 3.05) is 0 Å². The van der Waals surface area contributed by atoms with Gasteiger partial charge in [0.1, 0.15) is 0 Å². The van der Waals surface area contributed by atoms with Crippen LogP contribution in [-0.4, -0.2) is 18.1 Å². The molecule has 5 nitrogen and oxygen atoms in total. The number of hydrogen-bond acceptors (Lipinski definition) is 3. The molecule has 1 aliphatic rings. The van der Waals surface area contributed by atoms with Gasteiger partial charge in [0.2, 0.25) is 0 Å². The van der Waals surface area contributed by atoms with Crippen molar-refractivity contribution < 1.29 is 14.3 Å². The number of benzene rings is 1. The van der Waals surface area contributed by atoms with E-state index in [1.165, 1.54) is 0 Å². The molecule has 1 aromatic carbocycles. The van der Waals surface area contributed by atoms with Crippen molar-refractivity contribution in [1.82, 2.24) is 10.6 Å². The summed E-state index contributed by atoms with van der Waals surface area (Å²) in [6, 6.07) is 6.07. The molecule has 0 saturated heterocycles. The Labute approximate surface area is 128 Å². The van der Waals surface area contributed by atoms with Crippen LogP contribution in [0, 0.1) is 0 Å². The van der Waals surface area contributed by atoms with Crippen LogP contribution >= 0.6 is 11.6 Å². The normalized spacial score (nSPS) is 18.3. The van der Waals surface area contributed by atoms with Crippen LogP contribution in [0.1, 0.15) is 32.4 Å². The second-order valence-corrected chi connectivity index (χ2v) is 5.45. The number of halogens is 1. The summed E-state index contributed by atoms with van der Waals surface area (Å²) in [6.45, 7) is 5.21. The summed E-state index contributed by atoms with van der Waals surface area (Å²) in [5, 5.41) is 5.78. The van der Waals surface area contributed by atoms with Crippen LogP contribution in [0.5, 0.6) is 0 Å². The number of carbonyl (C=O) groups is 2. The fourth-order valence-corrected chi connectivity index (χ4v) is 2.43. The van der Waals surface area contributed by atoms with Gasteiger partial charge in [-0.25, -0.2) is 9.59 Å². The summed E-state index contributed by atoms with van der Waals surface area (Å²) in [7, 11) is 0. The molecule has 0 unspecified atom stereocenters. The number of esters is 1. The van der Waals surface area contributed by atoms with Crippen molar-refractivity contribution in [1.29, 1.82) is 0 Å². The third kappa shape index (κ3) is 3.36. The summed E-state index contributed by atoms with van der Waals surface area (Å²) in [4.78, 5) is 24.0. The van der Waals surface area contributed by atoms with E-state index in [9.17, 15) is 9.59 Å². The summed E-state index contributed by atoms with van der Waals surface area (Å²) < 4.78 is 5.26. The van der Waals surface area contributed by atoms with E-state index in [0.717, 1.165) is 0 Å². The Morgan fingerprint density at radius 1 is 1.33 bits per heavy atom. The largest absolute Gasteiger partial charge is 0.459 e. The SMILES string of the molecule is CC1=C(C(=O)OC(C)C)[C@H](c2ccccc2Cl)NC(=O)N1. The molecule has 21 heavy (non-hydrogen) atoms. The molecule has 2 rings (SSSR count). The first kappa shape index (κ1) is 15.4. The number of amides is 2. The lowest BCUT2D eigenvalue weighted by Crippen LogP contribution is -2.45. The fraction of sp³-hybridized carbons (Fsp3) is 0.333. The number of ether oxygens (including phenoxy) is 1. The first-order chi connectivity index (χ1) is 9.90. The molecule has 1 atom stereocenters. The molecule has 112 valence electrons. The summed E-state index contributed by atoms with van der Waals surface area (Å²) in [6.07, 6.45) is -0.248. The number of nitrogens with one attached hydrogen (secondary N) is 2. The summed E-state index contributed by atoms with van der Waals surface area (Å²) in [5.74, 6) is -0.472. The topological polar surface area (TPSA) is 67.4 Å². The molecule has 2 N–H and O–H groups in total. The van der Waals surface area contributed by atoms with E-state index in [1.807, 2.05) is 0 Å². The Bertz CT molecular complexity index is 611. The third-order valence-electron chi connectivity index (χ3n) is 3.05. The minimum atomic E-state index is -0.626.